The Morgan fingerprint density at radius 3 is 2.75 bits per heavy atom. The van der Waals surface area contributed by atoms with Gasteiger partial charge in [0.05, 0.1) is 28.8 Å². The fourth-order valence-electron chi connectivity index (χ4n) is 4.30. The van der Waals surface area contributed by atoms with Crippen LogP contribution < -0.4 is 5.32 Å². The van der Waals surface area contributed by atoms with Gasteiger partial charge in [-0.05, 0) is 56.6 Å². The number of rotatable bonds is 7. The molecule has 6 aromatic rings. The molecular formula is C26H24FN9. The van der Waals surface area contributed by atoms with E-state index >= 15 is 0 Å². The molecule has 0 bridgehead atoms. The number of hydrogen-bond acceptors (Lipinski definition) is 6. The number of likely N-dealkylation sites (N-methyl/N-ethyl adjacent to an activating group) is 1. The number of nitrogens with zero attached hydrogens (tertiary/aromatic N) is 5. The molecule has 0 atom stereocenters. The van der Waals surface area contributed by atoms with Crippen LogP contribution in [0.1, 0.15) is 0 Å². The Kier molecular flexibility index (Phi) is 5.42. The van der Waals surface area contributed by atoms with Crippen molar-refractivity contribution in [1.29, 1.82) is 0 Å². The smallest absolute Gasteiger partial charge is 0.135 e. The third-order valence-corrected chi connectivity index (χ3v) is 6.06. The SMILES string of the molecule is CN(C)CCNc1cc(F)cc(-c2nccc3[nH]c(-c4n[nH]c5ccc(-c6cn[nH]c6)nc45)cc23)c1. The molecule has 36 heavy (non-hydrogen) atoms. The molecule has 0 aliphatic rings. The lowest BCUT2D eigenvalue weighted by atomic mass is 10.1. The Labute approximate surface area is 205 Å². The van der Waals surface area contributed by atoms with Crippen molar-refractivity contribution in [1.82, 2.24) is 40.2 Å². The third kappa shape index (κ3) is 4.07. The summed E-state index contributed by atoms with van der Waals surface area (Å²) in [4.78, 5) is 14.9. The van der Waals surface area contributed by atoms with Crippen molar-refractivity contribution in [2.24, 2.45) is 0 Å². The average molecular weight is 482 g/mol. The molecule has 9 nitrogen and oxygen atoms in total. The number of halogens is 1. The van der Waals surface area contributed by atoms with E-state index in [-0.39, 0.29) is 5.82 Å². The average Bonchev–Trinajstić information content (AvgIpc) is 3.62. The summed E-state index contributed by atoms with van der Waals surface area (Å²) >= 11 is 0. The first kappa shape index (κ1) is 21.9. The van der Waals surface area contributed by atoms with Crippen LogP contribution in [0.15, 0.2) is 61.1 Å². The summed E-state index contributed by atoms with van der Waals surface area (Å²) in [5, 5.41) is 18.6. The molecule has 0 saturated carbocycles. The molecule has 5 aromatic heterocycles. The highest BCUT2D eigenvalue weighted by Gasteiger charge is 2.16. The minimum atomic E-state index is -0.316. The fraction of sp³-hybridized carbons (Fsp3) is 0.154. The van der Waals surface area contributed by atoms with Crippen LogP contribution in [0.3, 0.4) is 0 Å². The Bertz CT molecular complexity index is 1660. The monoisotopic (exact) mass is 481 g/mol. The topological polar surface area (TPSA) is 114 Å². The summed E-state index contributed by atoms with van der Waals surface area (Å²) < 4.78 is 14.5. The molecule has 0 aliphatic carbocycles. The normalized spacial score (nSPS) is 11.7. The van der Waals surface area contributed by atoms with Crippen molar-refractivity contribution in [3.8, 4) is 33.9 Å². The van der Waals surface area contributed by atoms with Crippen LogP contribution in [-0.2, 0) is 0 Å². The Balaban J connectivity index is 1.41. The molecule has 180 valence electrons. The number of benzene rings is 1. The largest absolute Gasteiger partial charge is 0.384 e. The number of anilines is 1. The zero-order valence-electron chi connectivity index (χ0n) is 19.8. The summed E-state index contributed by atoms with van der Waals surface area (Å²) in [6.07, 6.45) is 5.26. The van der Waals surface area contributed by atoms with Crippen molar-refractivity contribution >= 4 is 27.6 Å². The first-order chi connectivity index (χ1) is 17.5. The van der Waals surface area contributed by atoms with Crippen molar-refractivity contribution < 1.29 is 4.39 Å². The molecule has 0 aliphatic heterocycles. The van der Waals surface area contributed by atoms with Gasteiger partial charge < -0.3 is 15.2 Å². The second-order valence-corrected chi connectivity index (χ2v) is 8.91. The van der Waals surface area contributed by atoms with Gasteiger partial charge in [-0.2, -0.15) is 10.2 Å². The van der Waals surface area contributed by atoms with Crippen LogP contribution in [0.5, 0.6) is 0 Å². The van der Waals surface area contributed by atoms with E-state index in [0.29, 0.717) is 23.5 Å². The van der Waals surface area contributed by atoms with Crippen molar-refractivity contribution in [3.63, 3.8) is 0 Å². The van der Waals surface area contributed by atoms with Crippen LogP contribution in [0.25, 0.3) is 55.8 Å². The Morgan fingerprint density at radius 1 is 1.00 bits per heavy atom. The zero-order chi connectivity index (χ0) is 24.6. The molecule has 0 fully saturated rings. The summed E-state index contributed by atoms with van der Waals surface area (Å²) in [5.41, 5.74) is 7.74. The van der Waals surface area contributed by atoms with Gasteiger partial charge >= 0.3 is 0 Å². The quantitative estimate of drug-likeness (QED) is 0.263. The van der Waals surface area contributed by atoms with E-state index in [0.717, 1.165) is 51.1 Å². The first-order valence-electron chi connectivity index (χ1n) is 11.6. The standard InChI is InChI=1S/C26H24FN9/c1-36(2)8-7-28-18-10-15(9-17(27)11-18)24-19-12-23(32-21(19)5-6-29-24)26-25-22(34-35-26)4-3-20(33-25)16-13-30-31-14-16/h3-6,9-14,28,32H,7-8H2,1-2H3,(H,30,31)(H,34,35). The number of nitrogens with one attached hydrogen (secondary N) is 4. The highest BCUT2D eigenvalue weighted by molar-refractivity contribution is 5.99. The van der Waals surface area contributed by atoms with Crippen molar-refractivity contribution in [2.75, 3.05) is 32.5 Å². The third-order valence-electron chi connectivity index (χ3n) is 6.06. The molecule has 6 rings (SSSR count). The lowest BCUT2D eigenvalue weighted by Gasteiger charge is -2.12. The lowest BCUT2D eigenvalue weighted by Crippen LogP contribution is -2.20. The van der Waals surface area contributed by atoms with Gasteiger partial charge in [0.15, 0.2) is 0 Å². The molecular weight excluding hydrogens is 457 g/mol. The van der Waals surface area contributed by atoms with Gasteiger partial charge in [-0.15, -0.1) is 0 Å². The first-order valence-corrected chi connectivity index (χ1v) is 11.6. The summed E-state index contributed by atoms with van der Waals surface area (Å²) in [6.45, 7) is 1.55. The number of pyridine rings is 2. The molecule has 1 aromatic carbocycles. The van der Waals surface area contributed by atoms with Gasteiger partial charge in [-0.25, -0.2) is 9.37 Å². The highest BCUT2D eigenvalue weighted by atomic mass is 19.1. The maximum Gasteiger partial charge on any atom is 0.135 e. The molecule has 10 heteroatoms. The van der Waals surface area contributed by atoms with Crippen molar-refractivity contribution in [2.45, 2.75) is 0 Å². The van der Waals surface area contributed by atoms with Crippen LogP contribution in [0, 0.1) is 5.82 Å². The van der Waals surface area contributed by atoms with Gasteiger partial charge in [-0.1, -0.05) is 0 Å². The van der Waals surface area contributed by atoms with Crippen molar-refractivity contribution in [3.05, 3.63) is 66.9 Å². The molecule has 0 radical (unpaired) electrons. The Morgan fingerprint density at radius 2 is 1.92 bits per heavy atom. The minimum absolute atomic E-state index is 0.316. The van der Waals surface area contributed by atoms with Gasteiger partial charge in [0.25, 0.3) is 0 Å². The molecule has 0 spiro atoms. The zero-order valence-corrected chi connectivity index (χ0v) is 19.8. The Hall–Kier alpha value is -4.57. The maximum absolute atomic E-state index is 14.5. The minimum Gasteiger partial charge on any atom is -0.384 e. The van der Waals surface area contributed by atoms with Crippen LogP contribution in [0.4, 0.5) is 10.1 Å². The van der Waals surface area contributed by atoms with E-state index in [1.54, 1.807) is 18.6 Å². The van der Waals surface area contributed by atoms with Gasteiger partial charge in [-0.3, -0.25) is 15.2 Å². The molecule has 5 heterocycles. The van der Waals surface area contributed by atoms with E-state index in [2.05, 4.69) is 40.6 Å². The number of aromatic nitrogens is 7. The van der Waals surface area contributed by atoms with Gasteiger partial charge in [0, 0.05) is 53.2 Å². The van der Waals surface area contributed by atoms with Gasteiger partial charge in [0.1, 0.15) is 17.0 Å². The fourth-order valence-corrected chi connectivity index (χ4v) is 4.30. The maximum atomic E-state index is 14.5. The van der Waals surface area contributed by atoms with E-state index in [9.17, 15) is 4.39 Å². The second-order valence-electron chi connectivity index (χ2n) is 8.91. The molecule has 4 N–H and O–H groups in total. The van der Waals surface area contributed by atoms with E-state index < -0.39 is 0 Å². The second kappa shape index (κ2) is 8.90. The van der Waals surface area contributed by atoms with E-state index in [1.165, 1.54) is 12.1 Å². The lowest BCUT2D eigenvalue weighted by molar-refractivity contribution is 0.425. The number of fused-ring (bicyclic) bond motifs is 2. The predicted molar refractivity (Wildman–Crippen MR) is 139 cm³/mol. The number of hydrogen-bond donors (Lipinski definition) is 4. The number of aromatic amines is 3. The molecule has 0 saturated heterocycles. The number of H-pyrrole nitrogens is 3. The predicted octanol–water partition coefficient (Wildman–Crippen LogP) is 4.67. The highest BCUT2D eigenvalue weighted by Crippen LogP contribution is 2.34. The van der Waals surface area contributed by atoms with Crippen LogP contribution in [0.2, 0.25) is 0 Å². The summed E-state index contributed by atoms with van der Waals surface area (Å²) in [7, 11) is 4.01. The van der Waals surface area contributed by atoms with E-state index in [1.807, 2.05) is 44.4 Å². The molecule has 0 unspecified atom stereocenters. The van der Waals surface area contributed by atoms with Gasteiger partial charge in [0.2, 0.25) is 0 Å². The molecule has 0 amide bonds. The van der Waals surface area contributed by atoms with Crippen LogP contribution in [-0.4, -0.2) is 67.4 Å². The summed E-state index contributed by atoms with van der Waals surface area (Å²) in [6, 6.07) is 12.7. The van der Waals surface area contributed by atoms with Crippen LogP contribution >= 0.6 is 0 Å². The van der Waals surface area contributed by atoms with E-state index in [4.69, 9.17) is 4.98 Å². The summed E-state index contributed by atoms with van der Waals surface area (Å²) in [5.74, 6) is -0.316.